The van der Waals surface area contributed by atoms with Crippen molar-refractivity contribution in [2.45, 2.75) is 18.9 Å². The molecule has 0 saturated heterocycles. The van der Waals surface area contributed by atoms with Crippen LogP contribution in [0.25, 0.3) is 0 Å². The number of thioether (sulfide) groups is 1. The Morgan fingerprint density at radius 1 is 1.44 bits per heavy atom. The number of pyridine rings is 1. The molecule has 1 aromatic rings. The van der Waals surface area contributed by atoms with E-state index < -0.39 is 17.6 Å². The van der Waals surface area contributed by atoms with Crippen molar-refractivity contribution >= 4 is 23.5 Å². The molecule has 1 rings (SSSR count). The van der Waals surface area contributed by atoms with Gasteiger partial charge in [0.05, 0.1) is 12.4 Å². The Bertz CT molecular complexity index is 430. The third-order valence-corrected chi connectivity index (χ3v) is 2.81. The van der Waals surface area contributed by atoms with Crippen LogP contribution in [0.3, 0.4) is 0 Å². The molecule has 0 aliphatic rings. The summed E-state index contributed by atoms with van der Waals surface area (Å²) < 4.78 is 31.4. The van der Waals surface area contributed by atoms with Gasteiger partial charge in [0.1, 0.15) is 5.03 Å². The number of hydrogen-bond donors (Lipinski definition) is 1. The van der Waals surface area contributed by atoms with Gasteiger partial charge in [-0.2, -0.15) is 0 Å². The zero-order valence-corrected chi connectivity index (χ0v) is 10.9. The molecule has 1 N–H and O–H groups in total. The van der Waals surface area contributed by atoms with E-state index in [-0.39, 0.29) is 23.2 Å². The second-order valence-corrected chi connectivity index (χ2v) is 4.19. The molecule has 0 amide bonds. The van der Waals surface area contributed by atoms with Gasteiger partial charge in [-0.3, -0.25) is 4.79 Å². The van der Waals surface area contributed by atoms with Gasteiger partial charge in [-0.05, 0) is 13.8 Å². The number of ether oxygens (including phenoxy) is 1. The molecule has 0 radical (unpaired) electrons. The summed E-state index contributed by atoms with van der Waals surface area (Å²) in [5.74, 6) is -2.09. The second kappa shape index (κ2) is 7.15. The van der Waals surface area contributed by atoms with E-state index in [1.165, 1.54) is 0 Å². The van der Waals surface area contributed by atoms with Crippen LogP contribution in [0.4, 0.5) is 14.6 Å². The number of aromatic nitrogens is 1. The normalized spacial score (nSPS) is 10.2. The maximum atomic E-state index is 13.4. The number of rotatable bonds is 6. The summed E-state index contributed by atoms with van der Waals surface area (Å²) in [5, 5.41) is 2.65. The number of anilines is 1. The molecule has 0 aliphatic carbocycles. The fourth-order valence-corrected chi connectivity index (χ4v) is 1.86. The van der Waals surface area contributed by atoms with Crippen LogP contribution >= 0.6 is 11.8 Å². The summed E-state index contributed by atoms with van der Waals surface area (Å²) in [5.41, 5.74) is 0. The SMILES string of the molecule is CCNc1nc(SCC(=O)OCC)c(F)cc1F. The molecule has 0 unspecified atom stereocenters. The van der Waals surface area contributed by atoms with Crippen molar-refractivity contribution in [1.29, 1.82) is 0 Å². The number of carbonyl (C=O) groups excluding carboxylic acids is 1. The minimum atomic E-state index is -0.788. The van der Waals surface area contributed by atoms with E-state index in [9.17, 15) is 13.6 Å². The number of halogens is 2. The first-order valence-electron chi connectivity index (χ1n) is 5.46. The van der Waals surface area contributed by atoms with Gasteiger partial charge in [0.25, 0.3) is 0 Å². The fourth-order valence-electron chi connectivity index (χ4n) is 1.17. The molecular weight excluding hydrogens is 262 g/mol. The van der Waals surface area contributed by atoms with E-state index in [0.717, 1.165) is 17.8 Å². The van der Waals surface area contributed by atoms with Gasteiger partial charge in [0.2, 0.25) is 0 Å². The molecule has 0 atom stereocenters. The number of hydrogen-bond acceptors (Lipinski definition) is 5. The van der Waals surface area contributed by atoms with E-state index >= 15 is 0 Å². The van der Waals surface area contributed by atoms with Crippen molar-refractivity contribution in [3.8, 4) is 0 Å². The van der Waals surface area contributed by atoms with Crippen LogP contribution in [-0.2, 0) is 9.53 Å². The highest BCUT2D eigenvalue weighted by molar-refractivity contribution is 7.99. The lowest BCUT2D eigenvalue weighted by molar-refractivity contribution is -0.139. The summed E-state index contributed by atoms with van der Waals surface area (Å²) in [6.45, 7) is 4.19. The summed E-state index contributed by atoms with van der Waals surface area (Å²) in [7, 11) is 0. The van der Waals surface area contributed by atoms with Gasteiger partial charge in [-0.25, -0.2) is 13.8 Å². The lowest BCUT2D eigenvalue weighted by atomic mass is 10.4. The van der Waals surface area contributed by atoms with Gasteiger partial charge < -0.3 is 10.1 Å². The Morgan fingerprint density at radius 2 is 2.17 bits per heavy atom. The predicted molar refractivity (Wildman–Crippen MR) is 65.7 cm³/mol. The van der Waals surface area contributed by atoms with Crippen LogP contribution in [-0.4, -0.2) is 29.9 Å². The first kappa shape index (κ1) is 14.7. The van der Waals surface area contributed by atoms with Gasteiger partial charge in [0, 0.05) is 12.6 Å². The van der Waals surface area contributed by atoms with Crippen LogP contribution in [0.15, 0.2) is 11.1 Å². The molecular formula is C11H14F2N2O2S. The Balaban J connectivity index is 2.75. The first-order chi connectivity index (χ1) is 8.58. The Morgan fingerprint density at radius 3 is 2.78 bits per heavy atom. The van der Waals surface area contributed by atoms with Crippen molar-refractivity contribution in [3.05, 3.63) is 17.7 Å². The van der Waals surface area contributed by atoms with Crippen LogP contribution in [0.1, 0.15) is 13.8 Å². The third kappa shape index (κ3) is 4.14. The minimum Gasteiger partial charge on any atom is -0.465 e. The van der Waals surface area contributed by atoms with Crippen molar-refractivity contribution in [2.24, 2.45) is 0 Å². The minimum absolute atomic E-state index is 0.0229. The molecule has 1 aromatic heterocycles. The van der Waals surface area contributed by atoms with Crippen molar-refractivity contribution in [1.82, 2.24) is 4.98 Å². The van der Waals surface area contributed by atoms with Gasteiger partial charge >= 0.3 is 5.97 Å². The van der Waals surface area contributed by atoms with Gasteiger partial charge in [-0.15, -0.1) is 0 Å². The molecule has 4 nitrogen and oxygen atoms in total. The summed E-state index contributed by atoms with van der Waals surface area (Å²) in [6, 6.07) is 0.748. The van der Waals surface area contributed by atoms with Crippen molar-refractivity contribution in [2.75, 3.05) is 24.2 Å². The Kier molecular flexibility index (Phi) is 5.84. The highest BCUT2D eigenvalue weighted by Gasteiger charge is 2.13. The van der Waals surface area contributed by atoms with E-state index in [2.05, 4.69) is 10.3 Å². The molecule has 100 valence electrons. The predicted octanol–water partition coefficient (Wildman–Crippen LogP) is 2.45. The van der Waals surface area contributed by atoms with Gasteiger partial charge in [0.15, 0.2) is 17.5 Å². The summed E-state index contributed by atoms with van der Waals surface area (Å²) in [6.07, 6.45) is 0. The lowest BCUT2D eigenvalue weighted by Gasteiger charge is -2.07. The Labute approximate surface area is 108 Å². The molecule has 0 aliphatic heterocycles. The molecule has 18 heavy (non-hydrogen) atoms. The van der Waals surface area contributed by atoms with E-state index in [0.29, 0.717) is 6.54 Å². The van der Waals surface area contributed by atoms with E-state index in [1.807, 2.05) is 0 Å². The number of esters is 1. The molecule has 1 heterocycles. The highest BCUT2D eigenvalue weighted by atomic mass is 32.2. The van der Waals surface area contributed by atoms with E-state index in [1.54, 1.807) is 13.8 Å². The molecule has 0 bridgehead atoms. The smallest absolute Gasteiger partial charge is 0.316 e. The number of carbonyl (C=O) groups is 1. The van der Waals surface area contributed by atoms with Crippen LogP contribution in [0.2, 0.25) is 0 Å². The number of nitrogens with zero attached hydrogens (tertiary/aromatic N) is 1. The van der Waals surface area contributed by atoms with Gasteiger partial charge in [-0.1, -0.05) is 11.8 Å². The largest absolute Gasteiger partial charge is 0.465 e. The monoisotopic (exact) mass is 276 g/mol. The highest BCUT2D eigenvalue weighted by Crippen LogP contribution is 2.23. The van der Waals surface area contributed by atoms with Crippen molar-refractivity contribution < 1.29 is 18.3 Å². The second-order valence-electron chi connectivity index (χ2n) is 3.23. The summed E-state index contributed by atoms with van der Waals surface area (Å²) in [4.78, 5) is 14.9. The van der Waals surface area contributed by atoms with E-state index in [4.69, 9.17) is 4.74 Å². The topological polar surface area (TPSA) is 51.2 Å². The quantitative estimate of drug-likeness (QED) is 0.639. The average molecular weight is 276 g/mol. The molecule has 0 saturated carbocycles. The zero-order chi connectivity index (χ0) is 13.5. The van der Waals surface area contributed by atoms with Crippen molar-refractivity contribution in [3.63, 3.8) is 0 Å². The average Bonchev–Trinajstić information content (AvgIpc) is 2.31. The lowest BCUT2D eigenvalue weighted by Crippen LogP contribution is -2.08. The van der Waals surface area contributed by atoms with Crippen LogP contribution < -0.4 is 5.32 Å². The Hall–Kier alpha value is -1.37. The standard InChI is InChI=1S/C11H14F2N2O2S/c1-3-14-10-7(12)5-8(13)11(15-10)18-6-9(16)17-4-2/h5H,3-4,6H2,1-2H3,(H,14,15). The molecule has 0 fully saturated rings. The number of nitrogens with one attached hydrogen (secondary N) is 1. The maximum Gasteiger partial charge on any atom is 0.316 e. The third-order valence-electron chi connectivity index (χ3n) is 1.87. The zero-order valence-electron chi connectivity index (χ0n) is 10.1. The summed E-state index contributed by atoms with van der Waals surface area (Å²) >= 11 is 0.877. The van der Waals surface area contributed by atoms with Crippen LogP contribution in [0, 0.1) is 11.6 Å². The molecule has 0 aromatic carbocycles. The molecule has 7 heteroatoms. The van der Waals surface area contributed by atoms with Crippen LogP contribution in [0.5, 0.6) is 0 Å². The molecule has 0 spiro atoms. The maximum absolute atomic E-state index is 13.4. The fraction of sp³-hybridized carbons (Fsp3) is 0.455. The first-order valence-corrected chi connectivity index (χ1v) is 6.45.